The van der Waals surface area contributed by atoms with Crippen LogP contribution in [0.5, 0.6) is 0 Å². The molecule has 2 aliphatic rings. The standard InChI is InChI=1S/C72H66BF6N3/c1-9-11-21-45-33-50(69(3,4)5)43-54(35-45)80-64-29-19-15-25-59(64)73-60-26-16-20-30-65(60)81(55-36-46(22-12-10-2)34-51(44-55)70(6,7)8)67-41-48(40-66(80)68(67)73)47-31-32-63-58(39-47)57-24-14-18-28-62(57)82(63)61-27-17-13-23-56(61)49-37-52(71(74,75)76)42-53(38-49)72(77,78)79/h13-20,23-44H,9-12,21-22H2,1-8H3. The van der Waals surface area contributed by atoms with Gasteiger partial charge in [-0.2, -0.15) is 26.3 Å². The monoisotopic (exact) mass is 1100 g/mol. The van der Waals surface area contributed by atoms with E-state index in [9.17, 15) is 26.3 Å². The highest BCUT2D eigenvalue weighted by molar-refractivity contribution is 7.00. The summed E-state index contributed by atoms with van der Waals surface area (Å²) in [4.78, 5) is 5.01. The fraction of sp³-hybridized carbons (Fsp3) is 0.250. The van der Waals surface area contributed by atoms with Gasteiger partial charge in [-0.05, 0) is 183 Å². The zero-order valence-electron chi connectivity index (χ0n) is 47.7. The molecule has 0 radical (unpaired) electrons. The summed E-state index contributed by atoms with van der Waals surface area (Å²) < 4.78 is 88.3. The van der Waals surface area contributed by atoms with Crippen molar-refractivity contribution in [2.45, 2.75) is 117 Å². The molecular formula is C72H66BF6N3. The molecule has 414 valence electrons. The minimum atomic E-state index is -5.01. The topological polar surface area (TPSA) is 11.4 Å². The lowest BCUT2D eigenvalue weighted by molar-refractivity contribution is -0.143. The summed E-state index contributed by atoms with van der Waals surface area (Å²) in [5.41, 5.74) is 16.4. The molecule has 3 heterocycles. The average Bonchev–Trinajstić information content (AvgIpc) is 0.899. The fourth-order valence-corrected chi connectivity index (χ4v) is 12.6. The number of aryl methyl sites for hydroxylation is 2. The molecule has 0 saturated carbocycles. The van der Waals surface area contributed by atoms with Crippen LogP contribution in [0.4, 0.5) is 60.5 Å². The number of halogens is 6. The molecule has 0 aliphatic carbocycles. The number of alkyl halides is 6. The van der Waals surface area contributed by atoms with Crippen molar-refractivity contribution in [2.75, 3.05) is 9.80 Å². The molecule has 0 N–H and O–H groups in total. The Morgan fingerprint density at radius 2 is 0.866 bits per heavy atom. The second-order valence-corrected chi connectivity index (χ2v) is 24.5. The van der Waals surface area contributed by atoms with E-state index in [2.05, 4.69) is 174 Å². The summed E-state index contributed by atoms with van der Waals surface area (Å²) in [5.74, 6) is 0. The molecule has 0 spiro atoms. The first-order valence-electron chi connectivity index (χ1n) is 28.8. The summed E-state index contributed by atoms with van der Waals surface area (Å²) in [5, 5.41) is 1.77. The molecule has 0 saturated heterocycles. The fourth-order valence-electron chi connectivity index (χ4n) is 12.6. The second-order valence-electron chi connectivity index (χ2n) is 24.5. The highest BCUT2D eigenvalue weighted by atomic mass is 19.4. The Morgan fingerprint density at radius 1 is 0.390 bits per heavy atom. The van der Waals surface area contributed by atoms with Gasteiger partial charge in [0.25, 0.3) is 6.71 Å². The molecule has 1 aromatic heterocycles. The van der Waals surface area contributed by atoms with Crippen LogP contribution in [0.25, 0.3) is 49.7 Å². The first-order chi connectivity index (χ1) is 39.1. The molecule has 9 aromatic carbocycles. The highest BCUT2D eigenvalue weighted by Gasteiger charge is 2.44. The summed E-state index contributed by atoms with van der Waals surface area (Å²) in [7, 11) is 0. The van der Waals surface area contributed by atoms with Crippen molar-refractivity contribution in [1.82, 2.24) is 4.57 Å². The van der Waals surface area contributed by atoms with Crippen LogP contribution in [0.3, 0.4) is 0 Å². The molecule has 0 fully saturated rings. The number of fused-ring (bicyclic) bond motifs is 7. The van der Waals surface area contributed by atoms with Crippen LogP contribution in [0.1, 0.15) is 114 Å². The molecule has 10 heteroatoms. The van der Waals surface area contributed by atoms with Crippen LogP contribution < -0.4 is 26.2 Å². The van der Waals surface area contributed by atoms with Gasteiger partial charge in [0.1, 0.15) is 0 Å². The minimum absolute atomic E-state index is 0.0979. The predicted molar refractivity (Wildman–Crippen MR) is 330 cm³/mol. The Hall–Kier alpha value is -7.98. The zero-order valence-corrected chi connectivity index (χ0v) is 47.7. The Labute approximate surface area is 478 Å². The molecule has 0 bridgehead atoms. The molecular weight excluding hydrogens is 1030 g/mol. The van der Waals surface area contributed by atoms with E-state index in [0.717, 1.165) is 118 Å². The smallest absolute Gasteiger partial charge is 0.311 e. The maximum atomic E-state index is 14.4. The highest BCUT2D eigenvalue weighted by Crippen LogP contribution is 2.49. The van der Waals surface area contributed by atoms with Gasteiger partial charge < -0.3 is 14.4 Å². The van der Waals surface area contributed by atoms with Crippen LogP contribution in [0.15, 0.2) is 182 Å². The maximum Gasteiger partial charge on any atom is 0.416 e. The maximum absolute atomic E-state index is 14.4. The van der Waals surface area contributed by atoms with Crippen molar-refractivity contribution in [2.24, 2.45) is 0 Å². The van der Waals surface area contributed by atoms with Crippen molar-refractivity contribution in [1.29, 1.82) is 0 Å². The van der Waals surface area contributed by atoms with Crippen LogP contribution in [-0.4, -0.2) is 11.3 Å². The number of rotatable bonds is 11. The molecule has 0 amide bonds. The number of nitrogens with zero attached hydrogens (tertiary/aromatic N) is 3. The molecule has 2 aliphatic heterocycles. The predicted octanol–water partition coefficient (Wildman–Crippen LogP) is 19.5. The van der Waals surface area contributed by atoms with E-state index in [1.807, 2.05) is 34.9 Å². The second kappa shape index (κ2) is 20.5. The molecule has 0 unspecified atom stereocenters. The van der Waals surface area contributed by atoms with Crippen LogP contribution in [0, 0.1) is 0 Å². The van der Waals surface area contributed by atoms with Gasteiger partial charge in [0.05, 0.1) is 27.8 Å². The van der Waals surface area contributed by atoms with E-state index in [1.54, 1.807) is 24.3 Å². The van der Waals surface area contributed by atoms with Gasteiger partial charge >= 0.3 is 12.4 Å². The van der Waals surface area contributed by atoms with Gasteiger partial charge in [-0.1, -0.05) is 159 Å². The van der Waals surface area contributed by atoms with E-state index in [0.29, 0.717) is 5.69 Å². The number of aromatic nitrogens is 1. The molecule has 3 nitrogen and oxygen atoms in total. The lowest BCUT2D eigenvalue weighted by Gasteiger charge is -2.45. The molecule has 0 atom stereocenters. The van der Waals surface area contributed by atoms with E-state index in [-0.39, 0.29) is 34.7 Å². The number of hydrogen-bond donors (Lipinski definition) is 0. The van der Waals surface area contributed by atoms with Crippen molar-refractivity contribution in [3.8, 4) is 27.9 Å². The Kier molecular flexibility index (Phi) is 13.6. The first-order valence-corrected chi connectivity index (χ1v) is 28.8. The Balaban J connectivity index is 1.14. The Bertz CT molecular complexity index is 3940. The van der Waals surface area contributed by atoms with Gasteiger partial charge in [0, 0.05) is 50.5 Å². The minimum Gasteiger partial charge on any atom is -0.311 e. The largest absolute Gasteiger partial charge is 0.416 e. The molecule has 82 heavy (non-hydrogen) atoms. The quantitative estimate of drug-likeness (QED) is 0.0945. The van der Waals surface area contributed by atoms with Crippen molar-refractivity contribution < 1.29 is 26.3 Å². The van der Waals surface area contributed by atoms with E-state index in [1.165, 1.54) is 38.6 Å². The van der Waals surface area contributed by atoms with E-state index < -0.39 is 23.5 Å². The normalized spacial score (nSPS) is 13.5. The third kappa shape index (κ3) is 9.75. The Morgan fingerprint density at radius 3 is 1.38 bits per heavy atom. The summed E-state index contributed by atoms with van der Waals surface area (Å²) in [6, 6.07) is 59.6. The molecule has 10 aromatic rings. The number of hydrogen-bond acceptors (Lipinski definition) is 2. The van der Waals surface area contributed by atoms with Crippen molar-refractivity contribution >= 4 is 79.0 Å². The van der Waals surface area contributed by atoms with Crippen LogP contribution in [0.2, 0.25) is 0 Å². The first kappa shape index (κ1) is 54.6. The molecule has 12 rings (SSSR count). The van der Waals surface area contributed by atoms with Crippen molar-refractivity contribution in [3.05, 3.63) is 215 Å². The number of anilines is 6. The van der Waals surface area contributed by atoms with Crippen LogP contribution in [-0.2, 0) is 36.0 Å². The lowest BCUT2D eigenvalue weighted by Crippen LogP contribution is -2.61. The summed E-state index contributed by atoms with van der Waals surface area (Å²) in [6.07, 6.45) is -3.78. The number of unbranched alkanes of at least 4 members (excludes halogenated alkanes) is 2. The van der Waals surface area contributed by atoms with Crippen molar-refractivity contribution in [3.63, 3.8) is 0 Å². The van der Waals surface area contributed by atoms with E-state index in [4.69, 9.17) is 0 Å². The summed E-state index contributed by atoms with van der Waals surface area (Å²) >= 11 is 0. The van der Waals surface area contributed by atoms with Gasteiger partial charge in [-0.15, -0.1) is 0 Å². The zero-order chi connectivity index (χ0) is 57.6. The van der Waals surface area contributed by atoms with Gasteiger partial charge in [-0.3, -0.25) is 0 Å². The van der Waals surface area contributed by atoms with Gasteiger partial charge in [-0.25, -0.2) is 0 Å². The third-order valence-electron chi connectivity index (χ3n) is 16.8. The SMILES string of the molecule is CCCCc1cc(N2c3ccccc3B3c4ccccc4N(c4cc(CCCC)cc(C(C)(C)C)c4)c4cc(-c5ccc6c(c5)c5ccccc5n6-c5ccccc5-c5cc(C(F)(F)F)cc(C(F)(F)F)c5)cc2c43)cc(C(C)(C)C)c1. The lowest BCUT2D eigenvalue weighted by atomic mass is 9.33. The average molecular weight is 1100 g/mol. The summed E-state index contributed by atoms with van der Waals surface area (Å²) in [6.45, 7) is 18.1. The third-order valence-corrected chi connectivity index (χ3v) is 16.8. The number of para-hydroxylation sites is 4. The van der Waals surface area contributed by atoms with Gasteiger partial charge in [0.15, 0.2) is 0 Å². The van der Waals surface area contributed by atoms with Crippen LogP contribution >= 0.6 is 0 Å². The van der Waals surface area contributed by atoms with Gasteiger partial charge in [0.2, 0.25) is 0 Å². The van der Waals surface area contributed by atoms with E-state index >= 15 is 0 Å². The number of benzene rings is 9.